The third-order valence-corrected chi connectivity index (χ3v) is 3.43. The summed E-state index contributed by atoms with van der Waals surface area (Å²) in [6.45, 7) is 2.69. The van der Waals surface area contributed by atoms with E-state index >= 15 is 0 Å². The molecule has 0 spiro atoms. The van der Waals surface area contributed by atoms with Crippen LogP contribution in [0.15, 0.2) is 28.7 Å². The van der Waals surface area contributed by atoms with Gasteiger partial charge in [-0.3, -0.25) is 9.69 Å². The molecule has 1 fully saturated rings. The van der Waals surface area contributed by atoms with E-state index in [1.807, 2.05) is 24.3 Å². The van der Waals surface area contributed by atoms with Gasteiger partial charge >= 0.3 is 0 Å². The summed E-state index contributed by atoms with van der Waals surface area (Å²) < 4.78 is 0.897. The molecule has 0 saturated carbocycles. The van der Waals surface area contributed by atoms with Gasteiger partial charge in [-0.15, -0.1) is 0 Å². The van der Waals surface area contributed by atoms with E-state index in [2.05, 4.69) is 20.8 Å². The molecule has 0 bridgehead atoms. The SMILES string of the molecule is O=C(CN1CCCC1)c1ccccc1Br. The molecular weight excluding hydrogens is 254 g/mol. The van der Waals surface area contributed by atoms with Gasteiger partial charge in [0.1, 0.15) is 0 Å². The van der Waals surface area contributed by atoms with Gasteiger partial charge in [0.2, 0.25) is 0 Å². The van der Waals surface area contributed by atoms with E-state index in [1.165, 1.54) is 12.8 Å². The summed E-state index contributed by atoms with van der Waals surface area (Å²) >= 11 is 3.41. The number of hydrogen-bond acceptors (Lipinski definition) is 2. The molecule has 1 aromatic carbocycles. The van der Waals surface area contributed by atoms with E-state index in [0.29, 0.717) is 6.54 Å². The fourth-order valence-electron chi connectivity index (χ4n) is 1.92. The molecule has 2 rings (SSSR count). The first-order valence-corrected chi connectivity index (χ1v) is 6.07. The van der Waals surface area contributed by atoms with Crippen molar-refractivity contribution >= 4 is 21.7 Å². The minimum absolute atomic E-state index is 0.212. The Kier molecular flexibility index (Phi) is 3.54. The van der Waals surface area contributed by atoms with Gasteiger partial charge in [0.15, 0.2) is 5.78 Å². The summed E-state index contributed by atoms with van der Waals surface area (Å²) in [5.41, 5.74) is 0.796. The number of hydrogen-bond donors (Lipinski definition) is 0. The summed E-state index contributed by atoms with van der Waals surface area (Å²) in [6, 6.07) is 7.62. The van der Waals surface area contributed by atoms with Crippen molar-refractivity contribution in [2.75, 3.05) is 19.6 Å². The number of ketones is 1. The predicted octanol–water partition coefficient (Wildman–Crippen LogP) is 2.73. The van der Waals surface area contributed by atoms with Gasteiger partial charge in [0, 0.05) is 10.0 Å². The first-order chi connectivity index (χ1) is 7.27. The molecule has 0 atom stereocenters. The number of Topliss-reactive ketones (excluding diaryl/α,β-unsaturated/α-hetero) is 1. The van der Waals surface area contributed by atoms with E-state index < -0.39 is 0 Å². The zero-order valence-electron chi connectivity index (χ0n) is 8.58. The fourth-order valence-corrected chi connectivity index (χ4v) is 2.42. The molecule has 1 aliphatic heterocycles. The molecule has 1 aliphatic rings. The van der Waals surface area contributed by atoms with Crippen LogP contribution in [0.3, 0.4) is 0 Å². The highest BCUT2D eigenvalue weighted by atomic mass is 79.9. The smallest absolute Gasteiger partial charge is 0.177 e. The lowest BCUT2D eigenvalue weighted by molar-refractivity contribution is 0.0944. The minimum Gasteiger partial charge on any atom is -0.296 e. The molecule has 0 unspecified atom stereocenters. The topological polar surface area (TPSA) is 20.3 Å². The zero-order chi connectivity index (χ0) is 10.7. The Balaban J connectivity index is 2.04. The zero-order valence-corrected chi connectivity index (χ0v) is 10.2. The van der Waals surface area contributed by atoms with Crippen LogP contribution in [0.5, 0.6) is 0 Å². The lowest BCUT2D eigenvalue weighted by Gasteiger charge is -2.13. The lowest BCUT2D eigenvalue weighted by atomic mass is 10.1. The van der Waals surface area contributed by atoms with Crippen molar-refractivity contribution in [2.45, 2.75) is 12.8 Å². The Morgan fingerprint density at radius 1 is 1.27 bits per heavy atom. The molecule has 0 amide bonds. The quantitative estimate of drug-likeness (QED) is 0.785. The number of carbonyl (C=O) groups is 1. The minimum atomic E-state index is 0.212. The predicted molar refractivity (Wildman–Crippen MR) is 64.1 cm³/mol. The number of rotatable bonds is 3. The summed E-state index contributed by atoms with van der Waals surface area (Å²) in [5.74, 6) is 0.212. The van der Waals surface area contributed by atoms with Crippen LogP contribution in [0.4, 0.5) is 0 Å². The molecule has 0 N–H and O–H groups in total. The van der Waals surface area contributed by atoms with E-state index in [1.54, 1.807) is 0 Å². The first-order valence-electron chi connectivity index (χ1n) is 5.27. The lowest BCUT2D eigenvalue weighted by Crippen LogP contribution is -2.27. The summed E-state index contributed by atoms with van der Waals surface area (Å²) in [4.78, 5) is 14.2. The van der Waals surface area contributed by atoms with E-state index in [-0.39, 0.29) is 5.78 Å². The number of likely N-dealkylation sites (tertiary alicyclic amines) is 1. The number of halogens is 1. The van der Waals surface area contributed by atoms with Gasteiger partial charge in [-0.25, -0.2) is 0 Å². The second-order valence-electron chi connectivity index (χ2n) is 3.89. The maximum Gasteiger partial charge on any atom is 0.177 e. The van der Waals surface area contributed by atoms with E-state index in [9.17, 15) is 4.79 Å². The molecule has 1 saturated heterocycles. The number of benzene rings is 1. The third kappa shape index (κ3) is 2.67. The van der Waals surface area contributed by atoms with Crippen LogP contribution in [-0.4, -0.2) is 30.3 Å². The largest absolute Gasteiger partial charge is 0.296 e. The second-order valence-corrected chi connectivity index (χ2v) is 4.74. The molecule has 0 aliphatic carbocycles. The fraction of sp³-hybridized carbons (Fsp3) is 0.417. The Labute approximate surface area is 98.4 Å². The van der Waals surface area contributed by atoms with Crippen LogP contribution < -0.4 is 0 Å². The van der Waals surface area contributed by atoms with Gasteiger partial charge in [0.05, 0.1) is 6.54 Å². The molecule has 2 nitrogen and oxygen atoms in total. The first kappa shape index (κ1) is 10.8. The van der Waals surface area contributed by atoms with Crippen molar-refractivity contribution in [3.8, 4) is 0 Å². The maximum absolute atomic E-state index is 11.9. The monoisotopic (exact) mass is 267 g/mol. The molecule has 0 radical (unpaired) electrons. The average molecular weight is 268 g/mol. The molecule has 15 heavy (non-hydrogen) atoms. The van der Waals surface area contributed by atoms with Crippen molar-refractivity contribution in [3.05, 3.63) is 34.3 Å². The van der Waals surface area contributed by atoms with Crippen LogP contribution in [0, 0.1) is 0 Å². The Morgan fingerprint density at radius 2 is 1.93 bits per heavy atom. The highest BCUT2D eigenvalue weighted by Crippen LogP contribution is 2.17. The van der Waals surface area contributed by atoms with Crippen molar-refractivity contribution in [1.29, 1.82) is 0 Å². The van der Waals surface area contributed by atoms with Crippen molar-refractivity contribution in [1.82, 2.24) is 4.90 Å². The molecule has 1 aromatic rings. The van der Waals surface area contributed by atoms with Crippen molar-refractivity contribution in [3.63, 3.8) is 0 Å². The second kappa shape index (κ2) is 4.90. The Hall–Kier alpha value is -0.670. The van der Waals surface area contributed by atoms with Gasteiger partial charge in [-0.2, -0.15) is 0 Å². The maximum atomic E-state index is 11.9. The van der Waals surface area contributed by atoms with E-state index in [0.717, 1.165) is 23.1 Å². The molecular formula is C12H14BrNO. The van der Waals surface area contributed by atoms with Crippen molar-refractivity contribution < 1.29 is 4.79 Å². The van der Waals surface area contributed by atoms with Crippen LogP contribution in [0.25, 0.3) is 0 Å². The average Bonchev–Trinajstić information content (AvgIpc) is 2.71. The van der Waals surface area contributed by atoms with E-state index in [4.69, 9.17) is 0 Å². The summed E-state index contributed by atoms with van der Waals surface area (Å²) in [6.07, 6.45) is 2.45. The molecule has 80 valence electrons. The summed E-state index contributed by atoms with van der Waals surface area (Å²) in [5, 5.41) is 0. The third-order valence-electron chi connectivity index (χ3n) is 2.74. The highest BCUT2D eigenvalue weighted by Gasteiger charge is 2.17. The number of nitrogens with zero attached hydrogens (tertiary/aromatic N) is 1. The Morgan fingerprint density at radius 3 is 2.60 bits per heavy atom. The van der Waals surface area contributed by atoms with Crippen LogP contribution >= 0.6 is 15.9 Å². The van der Waals surface area contributed by atoms with Crippen molar-refractivity contribution in [2.24, 2.45) is 0 Å². The van der Waals surface area contributed by atoms with Gasteiger partial charge < -0.3 is 0 Å². The molecule has 1 heterocycles. The van der Waals surface area contributed by atoms with Crippen LogP contribution in [-0.2, 0) is 0 Å². The normalized spacial score (nSPS) is 16.9. The van der Waals surface area contributed by atoms with Gasteiger partial charge in [-0.1, -0.05) is 34.1 Å². The molecule has 0 aromatic heterocycles. The number of carbonyl (C=O) groups excluding carboxylic acids is 1. The Bertz CT molecular complexity index is 358. The summed E-state index contributed by atoms with van der Waals surface area (Å²) in [7, 11) is 0. The highest BCUT2D eigenvalue weighted by molar-refractivity contribution is 9.10. The van der Waals surface area contributed by atoms with Crippen LogP contribution in [0.1, 0.15) is 23.2 Å². The van der Waals surface area contributed by atoms with Gasteiger partial charge in [0.25, 0.3) is 0 Å². The standard InChI is InChI=1S/C12H14BrNO/c13-11-6-2-1-5-10(11)12(15)9-14-7-3-4-8-14/h1-2,5-6H,3-4,7-9H2. The molecule has 3 heteroatoms. The van der Waals surface area contributed by atoms with Crippen LogP contribution in [0.2, 0.25) is 0 Å². The van der Waals surface area contributed by atoms with Gasteiger partial charge in [-0.05, 0) is 32.0 Å².